The number of rotatable bonds is 6. The van der Waals surface area contributed by atoms with Crippen molar-refractivity contribution < 1.29 is 44.6 Å². The minimum atomic E-state index is -2.27. The van der Waals surface area contributed by atoms with E-state index < -0.39 is 54.3 Å². The van der Waals surface area contributed by atoms with Gasteiger partial charge < -0.3 is 39.9 Å². The molecular weight excluding hydrogens is 434 g/mol. The van der Waals surface area contributed by atoms with Gasteiger partial charge in [0.2, 0.25) is 0 Å². The van der Waals surface area contributed by atoms with Gasteiger partial charge in [-0.1, -0.05) is 18.2 Å². The highest BCUT2D eigenvalue weighted by Crippen LogP contribution is 2.62. The Balaban J connectivity index is 1.48. The third kappa shape index (κ3) is 3.09. The molecule has 0 aromatic heterocycles. The fraction of sp³-hybridized carbons (Fsp3) is 0.565. The molecule has 2 aliphatic heterocycles. The molecule has 5 rings (SSSR count). The van der Waals surface area contributed by atoms with Crippen LogP contribution in [0.2, 0.25) is 0 Å². The van der Waals surface area contributed by atoms with Gasteiger partial charge in [-0.05, 0) is 38.1 Å². The van der Waals surface area contributed by atoms with Crippen LogP contribution < -0.4 is 9.47 Å². The van der Waals surface area contributed by atoms with E-state index in [4.69, 9.17) is 14.6 Å². The van der Waals surface area contributed by atoms with Gasteiger partial charge in [0, 0.05) is 22.9 Å². The predicted octanol–water partition coefficient (Wildman–Crippen LogP) is -1.96. The summed E-state index contributed by atoms with van der Waals surface area (Å²) in [5.41, 5.74) is 1.46. The number of hydrogen-bond acceptors (Lipinski definition) is 10. The van der Waals surface area contributed by atoms with Crippen molar-refractivity contribution in [3.05, 3.63) is 35.4 Å². The van der Waals surface area contributed by atoms with Crippen LogP contribution in [0.5, 0.6) is 11.5 Å². The Bertz CT molecular complexity index is 1030. The first-order valence-corrected chi connectivity index (χ1v) is 11.0. The van der Waals surface area contributed by atoms with Crippen molar-refractivity contribution >= 4 is 11.8 Å². The van der Waals surface area contributed by atoms with Crippen molar-refractivity contribution in [1.29, 1.82) is 0 Å². The molecule has 2 bridgehead atoms. The summed E-state index contributed by atoms with van der Waals surface area (Å²) >= 11 is 0. The van der Waals surface area contributed by atoms with Crippen molar-refractivity contribution in [3.63, 3.8) is 0 Å². The third-order valence-electron chi connectivity index (χ3n) is 7.71. The minimum absolute atomic E-state index is 0.0106. The number of ether oxygens (including phenoxy) is 2. The Morgan fingerprint density at radius 1 is 1.27 bits per heavy atom. The molecule has 1 fully saturated rings. The van der Waals surface area contributed by atoms with E-state index in [1.165, 1.54) is 6.07 Å². The van der Waals surface area contributed by atoms with Crippen LogP contribution in [0.1, 0.15) is 17.5 Å². The Kier molecular flexibility index (Phi) is 5.35. The molecule has 2 aliphatic carbocycles. The molecule has 1 aromatic carbocycles. The molecule has 0 radical (unpaired) electrons. The molecule has 10 nitrogen and oxygen atoms in total. The fourth-order valence-corrected chi connectivity index (χ4v) is 6.05. The smallest absolute Gasteiger partial charge is 0.383 e. The van der Waals surface area contributed by atoms with Crippen LogP contribution in [-0.2, 0) is 21.4 Å². The molecule has 33 heavy (non-hydrogen) atoms. The monoisotopic (exact) mass is 461 g/mol. The van der Waals surface area contributed by atoms with E-state index >= 15 is 0 Å². The van der Waals surface area contributed by atoms with Gasteiger partial charge in [0.15, 0.2) is 17.6 Å². The molecule has 0 unspecified atom stereocenters. The van der Waals surface area contributed by atoms with Gasteiger partial charge in [-0.25, -0.2) is 4.79 Å². The van der Waals surface area contributed by atoms with Crippen LogP contribution in [0.4, 0.5) is 0 Å². The number of Topliss-reactive ketones (excluding diaryl/α,β-unsaturated/α-hetero) is 1. The van der Waals surface area contributed by atoms with Crippen LogP contribution in [0, 0.1) is 5.92 Å². The Morgan fingerprint density at radius 3 is 2.76 bits per heavy atom. The number of hydrogen-bond donors (Lipinski definition) is 5. The van der Waals surface area contributed by atoms with E-state index in [1.807, 2.05) is 6.07 Å². The summed E-state index contributed by atoms with van der Waals surface area (Å²) in [6.45, 7) is -0.0826. The maximum atomic E-state index is 12.5. The summed E-state index contributed by atoms with van der Waals surface area (Å²) in [6, 6.07) is 3.60. The molecule has 0 amide bonds. The van der Waals surface area contributed by atoms with Crippen LogP contribution >= 0.6 is 0 Å². The Hall–Kier alpha value is -2.34. The lowest BCUT2D eigenvalue weighted by molar-refractivity contribution is -0.158. The average Bonchev–Trinajstić information content (AvgIpc) is 3.17. The van der Waals surface area contributed by atoms with E-state index in [9.17, 15) is 30.0 Å². The number of aliphatic hydroxyl groups excluding tert-OH is 5. The summed E-state index contributed by atoms with van der Waals surface area (Å²) in [5, 5.41) is 48.7. The highest BCUT2D eigenvalue weighted by atomic mass is 16.6. The van der Waals surface area contributed by atoms with Crippen LogP contribution in [0.3, 0.4) is 0 Å². The third-order valence-corrected chi connectivity index (χ3v) is 7.71. The lowest BCUT2D eigenvalue weighted by Crippen LogP contribution is -2.64. The molecule has 8 atom stereocenters. The van der Waals surface area contributed by atoms with Crippen molar-refractivity contribution in [2.24, 2.45) is 5.92 Å². The molecule has 1 spiro atoms. The number of likely N-dealkylation sites (tertiary alicyclic amines) is 1. The maximum absolute atomic E-state index is 12.5. The normalized spacial score (nSPS) is 34.1. The van der Waals surface area contributed by atoms with Crippen molar-refractivity contribution in [2.75, 3.05) is 20.2 Å². The highest BCUT2D eigenvalue weighted by molar-refractivity contribution is 6.36. The molecule has 5 N–H and O–H groups in total. The van der Waals surface area contributed by atoms with Crippen molar-refractivity contribution in [1.82, 2.24) is 4.90 Å². The van der Waals surface area contributed by atoms with Crippen LogP contribution in [-0.4, -0.2) is 98.9 Å². The maximum Gasteiger partial charge on any atom is 0.383 e. The van der Waals surface area contributed by atoms with E-state index in [-0.39, 0.29) is 17.7 Å². The zero-order valence-corrected chi connectivity index (χ0v) is 18.0. The zero-order valence-electron chi connectivity index (χ0n) is 18.0. The lowest BCUT2D eigenvalue weighted by atomic mass is 9.53. The average molecular weight is 461 g/mol. The Morgan fingerprint density at radius 2 is 2.03 bits per heavy atom. The largest absolute Gasteiger partial charge is 0.482 e. The predicted molar refractivity (Wildman–Crippen MR) is 112 cm³/mol. The molecule has 178 valence electrons. The topological polar surface area (TPSA) is 157 Å². The number of esters is 1. The van der Waals surface area contributed by atoms with Gasteiger partial charge in [0.25, 0.3) is 5.78 Å². The first-order valence-electron chi connectivity index (χ1n) is 11.0. The van der Waals surface area contributed by atoms with E-state index in [0.717, 1.165) is 30.5 Å². The van der Waals surface area contributed by atoms with Gasteiger partial charge in [0.1, 0.15) is 24.4 Å². The molecule has 1 aromatic rings. The van der Waals surface area contributed by atoms with E-state index in [1.54, 1.807) is 6.08 Å². The molecule has 4 aliphatic rings. The minimum Gasteiger partial charge on any atom is -0.482 e. The number of piperidine rings is 1. The first kappa shape index (κ1) is 22.5. The highest BCUT2D eigenvalue weighted by Gasteiger charge is 2.64. The van der Waals surface area contributed by atoms with Gasteiger partial charge in [-0.15, -0.1) is 0 Å². The van der Waals surface area contributed by atoms with Gasteiger partial charge in [-0.3, -0.25) is 4.79 Å². The second-order valence-corrected chi connectivity index (χ2v) is 9.35. The number of benzene rings is 1. The second-order valence-electron chi connectivity index (χ2n) is 9.35. The number of carbonyl (C=O) groups is 2. The van der Waals surface area contributed by atoms with E-state index in [2.05, 4.69) is 18.0 Å². The second kappa shape index (κ2) is 7.86. The quantitative estimate of drug-likeness (QED) is 0.139. The summed E-state index contributed by atoms with van der Waals surface area (Å²) in [7, 11) is 2.09. The first-order chi connectivity index (χ1) is 15.7. The van der Waals surface area contributed by atoms with Gasteiger partial charge in [-0.2, -0.15) is 0 Å². The Labute approximate surface area is 189 Å². The number of nitrogens with zero attached hydrogens (tertiary/aromatic N) is 1. The summed E-state index contributed by atoms with van der Waals surface area (Å²) in [4.78, 5) is 27.0. The van der Waals surface area contributed by atoms with Crippen molar-refractivity contribution in [3.8, 4) is 11.5 Å². The van der Waals surface area contributed by atoms with E-state index in [0.29, 0.717) is 5.75 Å². The van der Waals surface area contributed by atoms with Gasteiger partial charge in [0.05, 0.1) is 6.61 Å². The molecule has 2 heterocycles. The fourth-order valence-electron chi connectivity index (χ4n) is 6.05. The molecule has 1 saturated heterocycles. The lowest BCUT2D eigenvalue weighted by Gasteiger charge is -2.56. The summed E-state index contributed by atoms with van der Waals surface area (Å²) < 4.78 is 11.5. The SMILES string of the molecule is CN1CC[C@]23c4c5ccc(OC(=O)C(=O)[C@@H](O)[C@H](O)[C@@H](O)CO)c4O[C@H]2[C@@H](O)C=C[C@H]3[C@H]1C5. The van der Waals surface area contributed by atoms with Crippen LogP contribution in [0.15, 0.2) is 24.3 Å². The molecule has 10 heteroatoms. The number of ketones is 1. The number of aliphatic hydroxyl groups is 5. The zero-order chi connectivity index (χ0) is 23.7. The summed E-state index contributed by atoms with van der Waals surface area (Å²) in [6.07, 6.45) is -2.21. The standard InChI is InChI=1S/C23H27NO9/c1-24-7-6-23-11-3-4-13(26)21(23)33-20-15(5-2-10(16(20)23)8-12(11)24)32-22(31)19(30)18(29)17(28)14(27)9-25/h2-5,11-14,17-18,21,25-29H,6-9H2,1H3/t11-,12+,13-,14-,17+,18-,21-,23-/m0/s1. The summed E-state index contributed by atoms with van der Waals surface area (Å²) in [5.74, 6) is -2.50. The number of likely N-dealkylation sites (N-methyl/N-ethyl adjacent to an activating group) is 1. The van der Waals surface area contributed by atoms with Gasteiger partial charge >= 0.3 is 5.97 Å². The number of carbonyl (C=O) groups excluding carboxylic acids is 2. The van der Waals surface area contributed by atoms with Crippen LogP contribution in [0.25, 0.3) is 0 Å². The van der Waals surface area contributed by atoms with Crippen molar-refractivity contribution in [2.45, 2.75) is 54.8 Å². The molecule has 0 saturated carbocycles. The molecular formula is C23H27NO9.